The summed E-state index contributed by atoms with van der Waals surface area (Å²) in [6.07, 6.45) is 4.18. The molecular weight excluding hydrogens is 328 g/mol. The number of nitrogens with zero attached hydrogens (tertiary/aromatic N) is 1. The molecule has 1 aromatic rings. The van der Waals surface area contributed by atoms with Crippen molar-refractivity contribution in [1.29, 1.82) is 0 Å². The molecule has 0 bridgehead atoms. The summed E-state index contributed by atoms with van der Waals surface area (Å²) >= 11 is 3.46. The lowest BCUT2D eigenvalue weighted by Gasteiger charge is -2.36. The third kappa shape index (κ3) is 2.88. The van der Waals surface area contributed by atoms with Gasteiger partial charge in [-0.3, -0.25) is 4.79 Å². The molecule has 1 aromatic carbocycles. The molecule has 1 aliphatic carbocycles. The van der Waals surface area contributed by atoms with Crippen molar-refractivity contribution in [1.82, 2.24) is 4.90 Å². The summed E-state index contributed by atoms with van der Waals surface area (Å²) in [6.45, 7) is 3.77. The number of carbonyl (C=O) groups excluding carboxylic acids is 1. The molecule has 0 spiro atoms. The van der Waals surface area contributed by atoms with E-state index in [-0.39, 0.29) is 11.5 Å². The topological polar surface area (TPSA) is 46.3 Å². The molecule has 2 aliphatic rings. The number of nitrogens with two attached hydrogens (primary N) is 1. The van der Waals surface area contributed by atoms with Crippen molar-refractivity contribution in [3.05, 3.63) is 34.3 Å². The molecule has 2 unspecified atom stereocenters. The highest BCUT2D eigenvalue weighted by Gasteiger charge is 2.53. The first kappa shape index (κ1) is 15.0. The van der Waals surface area contributed by atoms with E-state index in [9.17, 15) is 4.79 Å². The number of likely N-dealkylation sites (tertiary alicyclic amines) is 1. The van der Waals surface area contributed by atoms with Crippen molar-refractivity contribution in [2.24, 2.45) is 11.7 Å². The molecule has 2 fully saturated rings. The molecule has 3 nitrogen and oxygen atoms in total. The highest BCUT2D eigenvalue weighted by atomic mass is 79.9. The molecule has 1 aliphatic heterocycles. The van der Waals surface area contributed by atoms with E-state index in [4.69, 9.17) is 5.73 Å². The third-order valence-corrected chi connectivity index (χ3v) is 5.57. The van der Waals surface area contributed by atoms with Crippen LogP contribution in [-0.2, 0) is 10.2 Å². The predicted molar refractivity (Wildman–Crippen MR) is 88.0 cm³/mol. The van der Waals surface area contributed by atoms with Gasteiger partial charge in [0, 0.05) is 23.6 Å². The summed E-state index contributed by atoms with van der Waals surface area (Å²) < 4.78 is 1.06. The summed E-state index contributed by atoms with van der Waals surface area (Å²) in [6, 6.07) is 8.40. The number of hydrogen-bond acceptors (Lipinski definition) is 2. The van der Waals surface area contributed by atoms with Gasteiger partial charge in [0.05, 0.1) is 5.41 Å². The Morgan fingerprint density at radius 2 is 2.05 bits per heavy atom. The van der Waals surface area contributed by atoms with Crippen molar-refractivity contribution in [2.45, 2.75) is 44.1 Å². The van der Waals surface area contributed by atoms with Gasteiger partial charge in [-0.15, -0.1) is 0 Å². The largest absolute Gasteiger partial charge is 0.342 e. The van der Waals surface area contributed by atoms with Gasteiger partial charge in [-0.25, -0.2) is 0 Å². The average molecular weight is 351 g/mol. The minimum absolute atomic E-state index is 0.170. The normalized spacial score (nSPS) is 25.5. The molecular formula is C17H23BrN2O. The van der Waals surface area contributed by atoms with E-state index in [1.54, 1.807) is 0 Å². The van der Waals surface area contributed by atoms with Crippen LogP contribution in [0.15, 0.2) is 28.7 Å². The molecule has 2 N–H and O–H groups in total. The molecule has 1 amide bonds. The molecule has 0 radical (unpaired) electrons. The summed E-state index contributed by atoms with van der Waals surface area (Å²) in [7, 11) is 0. The lowest BCUT2D eigenvalue weighted by molar-refractivity contribution is -0.135. The van der Waals surface area contributed by atoms with Crippen LogP contribution in [0.5, 0.6) is 0 Å². The molecule has 1 saturated heterocycles. The fraction of sp³-hybridized carbons (Fsp3) is 0.588. The SMILES string of the molecule is CC(N)C1CCCN(C(=O)C2(c3ccc(Br)cc3)CC2)C1. The zero-order chi connectivity index (χ0) is 15.0. The van der Waals surface area contributed by atoms with Crippen LogP contribution in [0, 0.1) is 5.92 Å². The first-order chi connectivity index (χ1) is 10.0. The highest BCUT2D eigenvalue weighted by molar-refractivity contribution is 9.10. The maximum atomic E-state index is 13.0. The van der Waals surface area contributed by atoms with Crippen LogP contribution in [0.25, 0.3) is 0 Å². The van der Waals surface area contributed by atoms with Crippen molar-refractivity contribution in [3.8, 4) is 0 Å². The lowest BCUT2D eigenvalue weighted by Crippen LogP contribution is -2.48. The van der Waals surface area contributed by atoms with E-state index in [2.05, 4.69) is 39.9 Å². The van der Waals surface area contributed by atoms with E-state index in [1.165, 1.54) is 5.56 Å². The molecule has 0 aromatic heterocycles. The Bertz CT molecular complexity index is 522. The lowest BCUT2D eigenvalue weighted by atomic mass is 9.89. The van der Waals surface area contributed by atoms with Crippen LogP contribution in [0.2, 0.25) is 0 Å². The molecule has 3 rings (SSSR count). The van der Waals surface area contributed by atoms with Gasteiger partial charge in [0.2, 0.25) is 5.91 Å². The smallest absolute Gasteiger partial charge is 0.233 e. The van der Waals surface area contributed by atoms with Gasteiger partial charge >= 0.3 is 0 Å². The Labute approximate surface area is 135 Å². The number of halogens is 1. The van der Waals surface area contributed by atoms with Crippen LogP contribution in [0.1, 0.15) is 38.2 Å². The maximum absolute atomic E-state index is 13.0. The van der Waals surface area contributed by atoms with E-state index in [0.29, 0.717) is 11.8 Å². The number of piperidine rings is 1. The molecule has 114 valence electrons. The third-order valence-electron chi connectivity index (χ3n) is 5.04. The van der Waals surface area contributed by atoms with Crippen LogP contribution in [0.3, 0.4) is 0 Å². The summed E-state index contributed by atoms with van der Waals surface area (Å²) in [4.78, 5) is 15.1. The van der Waals surface area contributed by atoms with Gasteiger partial charge in [-0.2, -0.15) is 0 Å². The zero-order valence-corrected chi connectivity index (χ0v) is 14.1. The van der Waals surface area contributed by atoms with Crippen molar-refractivity contribution >= 4 is 21.8 Å². The molecule has 4 heteroatoms. The second kappa shape index (κ2) is 5.73. The highest BCUT2D eigenvalue weighted by Crippen LogP contribution is 2.50. The average Bonchev–Trinajstić information content (AvgIpc) is 3.29. The summed E-state index contributed by atoms with van der Waals surface area (Å²) in [5.74, 6) is 0.763. The number of carbonyl (C=O) groups is 1. The van der Waals surface area contributed by atoms with Gasteiger partial charge in [-0.1, -0.05) is 28.1 Å². The Hall–Kier alpha value is -0.870. The first-order valence-electron chi connectivity index (χ1n) is 7.84. The van der Waals surface area contributed by atoms with Crippen LogP contribution >= 0.6 is 15.9 Å². The predicted octanol–water partition coefficient (Wildman–Crippen LogP) is 3.07. The first-order valence-corrected chi connectivity index (χ1v) is 8.63. The Morgan fingerprint density at radius 3 is 2.62 bits per heavy atom. The quantitative estimate of drug-likeness (QED) is 0.910. The van der Waals surface area contributed by atoms with Gasteiger partial charge < -0.3 is 10.6 Å². The Morgan fingerprint density at radius 1 is 1.38 bits per heavy atom. The van der Waals surface area contributed by atoms with E-state index in [1.807, 2.05) is 12.1 Å². The molecule has 21 heavy (non-hydrogen) atoms. The van der Waals surface area contributed by atoms with Gasteiger partial charge in [0.25, 0.3) is 0 Å². The zero-order valence-electron chi connectivity index (χ0n) is 12.5. The second-order valence-corrected chi connectivity index (χ2v) is 7.52. The number of rotatable bonds is 3. The minimum atomic E-state index is -0.250. The fourth-order valence-electron chi connectivity index (χ4n) is 3.45. The Balaban J connectivity index is 1.76. The molecule has 2 atom stereocenters. The molecule has 1 heterocycles. The van der Waals surface area contributed by atoms with Crippen LogP contribution in [-0.4, -0.2) is 29.9 Å². The minimum Gasteiger partial charge on any atom is -0.342 e. The van der Waals surface area contributed by atoms with Crippen LogP contribution in [0.4, 0.5) is 0 Å². The van der Waals surface area contributed by atoms with Crippen molar-refractivity contribution in [2.75, 3.05) is 13.1 Å². The van der Waals surface area contributed by atoms with Crippen molar-refractivity contribution in [3.63, 3.8) is 0 Å². The number of hydrogen-bond donors (Lipinski definition) is 1. The summed E-state index contributed by atoms with van der Waals surface area (Å²) in [5, 5.41) is 0. The monoisotopic (exact) mass is 350 g/mol. The summed E-state index contributed by atoms with van der Waals surface area (Å²) in [5.41, 5.74) is 6.95. The standard InChI is InChI=1S/C17H23BrN2O/c1-12(19)13-3-2-10-20(11-13)16(21)17(8-9-17)14-4-6-15(18)7-5-14/h4-7,12-13H,2-3,8-11,19H2,1H3. The van der Waals surface area contributed by atoms with Crippen molar-refractivity contribution < 1.29 is 4.79 Å². The fourth-order valence-corrected chi connectivity index (χ4v) is 3.71. The number of benzene rings is 1. The maximum Gasteiger partial charge on any atom is 0.233 e. The van der Waals surface area contributed by atoms with Gasteiger partial charge in [0.1, 0.15) is 0 Å². The number of amides is 1. The van der Waals surface area contributed by atoms with E-state index >= 15 is 0 Å². The second-order valence-electron chi connectivity index (χ2n) is 6.60. The van der Waals surface area contributed by atoms with Gasteiger partial charge in [0.15, 0.2) is 0 Å². The molecule has 1 saturated carbocycles. The van der Waals surface area contributed by atoms with E-state index < -0.39 is 0 Å². The van der Waals surface area contributed by atoms with Gasteiger partial charge in [-0.05, 0) is 56.2 Å². The Kier molecular flexibility index (Phi) is 4.10. The van der Waals surface area contributed by atoms with Crippen LogP contribution < -0.4 is 5.73 Å². The van der Waals surface area contributed by atoms with E-state index in [0.717, 1.165) is 43.2 Å².